The maximum atomic E-state index is 7.55. The predicted octanol–water partition coefficient (Wildman–Crippen LogP) is 22.7. The van der Waals surface area contributed by atoms with Gasteiger partial charge in [-0.2, -0.15) is 0 Å². The molecule has 5 aliphatic rings. The van der Waals surface area contributed by atoms with E-state index in [9.17, 15) is 0 Å². The van der Waals surface area contributed by atoms with Crippen LogP contribution in [-0.2, 0) is 10.8 Å². The predicted molar refractivity (Wildman–Crippen MR) is 372 cm³/mol. The molecule has 12 aromatic carbocycles. The molecule has 0 N–H and O–H groups in total. The van der Waals surface area contributed by atoms with E-state index in [2.05, 4.69) is 300 Å². The minimum absolute atomic E-state index is 0.0311. The summed E-state index contributed by atoms with van der Waals surface area (Å²) in [5.74, 6) is 0. The lowest BCUT2D eigenvalue weighted by Gasteiger charge is -2.38. The molecule has 0 bridgehead atoms. The Morgan fingerprint density at radius 3 is 1.29 bits per heavy atom. The van der Waals surface area contributed by atoms with Crippen molar-refractivity contribution in [1.29, 1.82) is 0 Å². The molecule has 2 aromatic heterocycles. The smallest absolute Gasteiger partial charge is 0.160 e. The van der Waals surface area contributed by atoms with Crippen LogP contribution in [0.15, 0.2) is 269 Å². The van der Waals surface area contributed by atoms with E-state index in [0.29, 0.717) is 0 Å². The van der Waals surface area contributed by atoms with Crippen LogP contribution in [0.3, 0.4) is 0 Å². The van der Waals surface area contributed by atoms with E-state index < -0.39 is 10.8 Å². The van der Waals surface area contributed by atoms with E-state index in [4.69, 9.17) is 8.83 Å². The van der Waals surface area contributed by atoms with Crippen molar-refractivity contribution in [3.63, 3.8) is 0 Å². The second kappa shape index (κ2) is 18.4. The van der Waals surface area contributed by atoms with Gasteiger partial charge in [0.25, 0.3) is 0 Å². The normalized spacial score (nSPS) is 15.6. The summed E-state index contributed by atoms with van der Waals surface area (Å²) in [6, 6.07) is 89.8. The summed E-state index contributed by atoms with van der Waals surface area (Å²) in [6.45, 7) is 13.5. The van der Waals surface area contributed by atoms with Crippen LogP contribution in [0, 0.1) is 27.7 Å². The average molecular weight is 1160 g/mol. The van der Waals surface area contributed by atoms with Crippen molar-refractivity contribution in [3.8, 4) is 44.5 Å². The Labute approximate surface area is 523 Å². The van der Waals surface area contributed by atoms with Crippen molar-refractivity contribution in [2.45, 2.75) is 64.8 Å². The number of furan rings is 2. The number of anilines is 5. The van der Waals surface area contributed by atoms with Gasteiger partial charge < -0.3 is 18.6 Å². The zero-order valence-corrected chi connectivity index (χ0v) is 51.2. The highest BCUT2D eigenvalue weighted by molar-refractivity contribution is 6.23. The van der Waals surface area contributed by atoms with Gasteiger partial charge in [-0.1, -0.05) is 211 Å². The number of nitrogens with zero attached hydrogens (tertiary/aromatic N) is 2. The first-order chi connectivity index (χ1) is 44.1. The number of benzene rings is 12. The SMILES string of the molecule is CC1=CCC(N(c2ccccc2C)c2cc3c(c4c2oc2ccccc24)-c2cc4c(cc2C32c3ccccc3-c3ccccc32)-c2c(cc(N(c3ccccc3C)c3ccc(C)cc3C)c3oc5ccccc5c23)C42c3ccccc3-c3ccccc32)C(C)=C1. The highest BCUT2D eigenvalue weighted by Gasteiger charge is 2.58. The van der Waals surface area contributed by atoms with Crippen LogP contribution in [0.1, 0.15) is 87.0 Å². The standard InChI is InChI=1S/C86H62N2O2/c1-49-39-41-73(53(5)43-49)87(71-35-19-7-23-51(71)3)75-47-69-79(81-59-29-13-21-37-77(59)89-83(75)81)61-45-68-62(46-67(61)85(69)63-31-15-9-25-55(63)56-26-10-16-32-64(56)85)80-70(86(68)65-33-17-11-27-57(65)58-28-12-18-34-66(58)86)48-76(84-82(80)60-30-14-22-38-78(60)90-84)88(72-36-20-8-24-52(72)4)74-42-40-50(2)44-54(74)6/h7-41,43-48,74H,42H2,1-6H3. The van der Waals surface area contributed by atoms with Crippen LogP contribution in [-0.4, -0.2) is 6.04 Å². The van der Waals surface area contributed by atoms with E-state index >= 15 is 0 Å². The molecule has 2 spiro atoms. The molecule has 1 unspecified atom stereocenters. The Bertz CT molecular complexity index is 5490. The Balaban J connectivity index is 1.01. The second-order valence-corrected chi connectivity index (χ2v) is 26.0. The quantitative estimate of drug-likeness (QED) is 0.166. The van der Waals surface area contributed by atoms with Gasteiger partial charge in [0.15, 0.2) is 11.2 Å². The van der Waals surface area contributed by atoms with E-state index in [1.165, 1.54) is 128 Å². The number of hydrogen-bond donors (Lipinski definition) is 0. The average Bonchev–Trinajstić information content (AvgIpc) is 1.48. The second-order valence-electron chi connectivity index (χ2n) is 26.0. The van der Waals surface area contributed by atoms with Gasteiger partial charge in [-0.05, 0) is 208 Å². The van der Waals surface area contributed by atoms with Gasteiger partial charge in [0.1, 0.15) is 11.2 Å². The topological polar surface area (TPSA) is 32.8 Å². The first-order valence-corrected chi connectivity index (χ1v) is 31.8. The summed E-state index contributed by atoms with van der Waals surface area (Å²) in [5.41, 5.74) is 35.0. The van der Waals surface area contributed by atoms with Gasteiger partial charge in [-0.3, -0.25) is 0 Å². The van der Waals surface area contributed by atoms with Crippen LogP contribution < -0.4 is 9.80 Å². The largest absolute Gasteiger partial charge is 0.454 e. The summed E-state index contributed by atoms with van der Waals surface area (Å²) < 4.78 is 15.1. The maximum absolute atomic E-state index is 7.55. The van der Waals surface area contributed by atoms with Gasteiger partial charge >= 0.3 is 0 Å². The fraction of sp³-hybridized carbons (Fsp3) is 0.116. The van der Waals surface area contributed by atoms with Crippen LogP contribution in [0.2, 0.25) is 0 Å². The lowest BCUT2D eigenvalue weighted by molar-refractivity contribution is 0.661. The molecule has 428 valence electrons. The molecule has 0 saturated carbocycles. The lowest BCUT2D eigenvalue weighted by atomic mass is 9.68. The summed E-state index contributed by atoms with van der Waals surface area (Å²) in [6.07, 6.45) is 5.65. The molecule has 5 aliphatic carbocycles. The summed E-state index contributed by atoms with van der Waals surface area (Å²) >= 11 is 0. The molecule has 14 aromatic rings. The molecular weight excluding hydrogens is 1090 g/mol. The fourth-order valence-corrected chi connectivity index (χ4v) is 17.7. The molecule has 19 rings (SSSR count). The van der Waals surface area contributed by atoms with Crippen LogP contribution >= 0.6 is 0 Å². The minimum Gasteiger partial charge on any atom is -0.454 e. The van der Waals surface area contributed by atoms with Crippen LogP contribution in [0.25, 0.3) is 88.4 Å². The molecule has 0 aliphatic heterocycles. The summed E-state index contributed by atoms with van der Waals surface area (Å²) in [7, 11) is 0. The number of aryl methyl sites for hydroxylation is 4. The first-order valence-electron chi connectivity index (χ1n) is 31.8. The zero-order chi connectivity index (χ0) is 60.1. The fourth-order valence-electron chi connectivity index (χ4n) is 17.7. The summed E-state index contributed by atoms with van der Waals surface area (Å²) in [4.78, 5) is 5.13. The highest BCUT2D eigenvalue weighted by atomic mass is 16.3. The zero-order valence-electron chi connectivity index (χ0n) is 51.2. The van der Waals surface area contributed by atoms with Crippen LogP contribution in [0.4, 0.5) is 28.4 Å². The third-order valence-electron chi connectivity index (χ3n) is 21.3. The van der Waals surface area contributed by atoms with Gasteiger partial charge in [-0.25, -0.2) is 0 Å². The molecular formula is C86H62N2O2. The number of allylic oxidation sites excluding steroid dienone is 2. The van der Waals surface area contributed by atoms with E-state index in [-0.39, 0.29) is 6.04 Å². The van der Waals surface area contributed by atoms with Crippen molar-refractivity contribution in [1.82, 2.24) is 0 Å². The third-order valence-corrected chi connectivity index (χ3v) is 21.3. The number of fused-ring (bicyclic) bond motifs is 28. The maximum Gasteiger partial charge on any atom is 0.160 e. The number of hydrogen-bond acceptors (Lipinski definition) is 4. The Kier molecular flexibility index (Phi) is 10.5. The third kappa shape index (κ3) is 6.50. The Morgan fingerprint density at radius 2 is 0.789 bits per heavy atom. The molecule has 0 fully saturated rings. The molecule has 1 atom stereocenters. The van der Waals surface area contributed by atoms with Crippen molar-refractivity contribution in [2.75, 3.05) is 9.80 Å². The van der Waals surface area contributed by atoms with E-state index in [1.807, 2.05) is 0 Å². The van der Waals surface area contributed by atoms with Crippen molar-refractivity contribution in [2.24, 2.45) is 0 Å². The molecule has 4 nitrogen and oxygen atoms in total. The monoisotopic (exact) mass is 1150 g/mol. The van der Waals surface area contributed by atoms with Gasteiger partial charge in [0, 0.05) is 38.6 Å². The molecule has 0 amide bonds. The van der Waals surface area contributed by atoms with Gasteiger partial charge in [0.2, 0.25) is 0 Å². The lowest BCUT2D eigenvalue weighted by Crippen LogP contribution is -2.34. The Hall–Kier alpha value is -10.7. The number of rotatable bonds is 6. The summed E-state index contributed by atoms with van der Waals surface area (Å²) in [5, 5.41) is 4.47. The molecule has 90 heavy (non-hydrogen) atoms. The molecule has 0 radical (unpaired) electrons. The first kappa shape index (κ1) is 51.4. The molecule has 4 heteroatoms. The van der Waals surface area contributed by atoms with Gasteiger partial charge in [0.05, 0.1) is 28.2 Å². The van der Waals surface area contributed by atoms with Gasteiger partial charge in [-0.15, -0.1) is 0 Å². The van der Waals surface area contributed by atoms with Crippen LogP contribution in [0.5, 0.6) is 0 Å². The number of para-hydroxylation sites is 4. The van der Waals surface area contributed by atoms with Crippen molar-refractivity contribution < 1.29 is 8.83 Å². The Morgan fingerprint density at radius 1 is 0.356 bits per heavy atom. The molecule has 2 heterocycles. The van der Waals surface area contributed by atoms with Crippen molar-refractivity contribution in [3.05, 3.63) is 327 Å². The highest BCUT2D eigenvalue weighted by Crippen LogP contribution is 2.71. The molecule has 0 saturated heterocycles. The van der Waals surface area contributed by atoms with E-state index in [1.54, 1.807) is 0 Å². The van der Waals surface area contributed by atoms with E-state index in [0.717, 1.165) is 73.0 Å². The minimum atomic E-state index is -0.773. The van der Waals surface area contributed by atoms with Crippen molar-refractivity contribution >= 4 is 72.3 Å².